The van der Waals surface area contributed by atoms with E-state index in [-0.39, 0.29) is 11.3 Å². The van der Waals surface area contributed by atoms with E-state index in [0.717, 1.165) is 12.8 Å². The summed E-state index contributed by atoms with van der Waals surface area (Å²) in [7, 11) is 0. The van der Waals surface area contributed by atoms with Crippen LogP contribution in [0.25, 0.3) is 5.52 Å². The van der Waals surface area contributed by atoms with Crippen LogP contribution in [-0.2, 0) is 0 Å². The highest BCUT2D eigenvalue weighted by atomic mass is 35.5. The van der Waals surface area contributed by atoms with Crippen molar-refractivity contribution in [2.24, 2.45) is 0 Å². The molecule has 1 N–H and O–H groups in total. The third-order valence-corrected chi connectivity index (χ3v) is 3.28. The van der Waals surface area contributed by atoms with E-state index >= 15 is 0 Å². The van der Waals surface area contributed by atoms with E-state index in [1.807, 2.05) is 6.92 Å². The van der Waals surface area contributed by atoms with E-state index in [1.54, 1.807) is 29.3 Å². The molecule has 2 rings (SSSR count). The number of nitrogens with zero attached hydrogens (tertiary/aromatic N) is 3. The van der Waals surface area contributed by atoms with Crippen molar-refractivity contribution in [2.45, 2.75) is 25.1 Å². The van der Waals surface area contributed by atoms with Crippen LogP contribution in [0.1, 0.15) is 30.1 Å². The number of carbonyl (C=O) groups is 1. The van der Waals surface area contributed by atoms with Crippen LogP contribution in [0.2, 0.25) is 0 Å². The van der Waals surface area contributed by atoms with Crippen molar-refractivity contribution < 1.29 is 4.79 Å². The van der Waals surface area contributed by atoms with E-state index in [2.05, 4.69) is 15.4 Å². The van der Waals surface area contributed by atoms with Crippen LogP contribution in [0.4, 0.5) is 0 Å². The summed E-state index contributed by atoms with van der Waals surface area (Å²) >= 11 is 5.99. The van der Waals surface area contributed by atoms with Gasteiger partial charge in [-0.3, -0.25) is 9.78 Å². The van der Waals surface area contributed by atoms with Gasteiger partial charge in [-0.25, -0.2) is 4.52 Å². The first-order valence-corrected chi connectivity index (χ1v) is 6.35. The van der Waals surface area contributed by atoms with Gasteiger partial charge in [0.05, 0.1) is 23.5 Å². The summed E-state index contributed by atoms with van der Waals surface area (Å²) in [5, 5.41) is 7.03. The molecule has 2 heterocycles. The number of aromatic nitrogens is 3. The Kier molecular flexibility index (Phi) is 4.15. The Morgan fingerprint density at radius 2 is 2.39 bits per heavy atom. The summed E-state index contributed by atoms with van der Waals surface area (Å²) < 4.78 is 1.62. The monoisotopic (exact) mass is 266 g/mol. The van der Waals surface area contributed by atoms with Crippen molar-refractivity contribution in [3.8, 4) is 0 Å². The second kappa shape index (κ2) is 5.82. The third-order valence-electron chi connectivity index (χ3n) is 2.76. The zero-order chi connectivity index (χ0) is 13.0. The minimum absolute atomic E-state index is 0.107. The molecule has 0 aliphatic heterocycles. The largest absolute Gasteiger partial charge is 0.352 e. The Morgan fingerprint density at radius 3 is 3.17 bits per heavy atom. The summed E-state index contributed by atoms with van der Waals surface area (Å²) in [5.74, 6) is -0.141. The van der Waals surface area contributed by atoms with Gasteiger partial charge in [0.15, 0.2) is 0 Å². The van der Waals surface area contributed by atoms with Gasteiger partial charge in [0.1, 0.15) is 0 Å². The standard InChI is InChI=1S/C12H15ClN4O/c1-2-9(13)3-4-15-12(18)10-7-16-17-6-5-14-8-11(10)17/h5-9H,2-4H2,1H3,(H,15,18). The number of nitrogens with one attached hydrogen (secondary N) is 1. The molecule has 18 heavy (non-hydrogen) atoms. The molecule has 96 valence electrons. The minimum Gasteiger partial charge on any atom is -0.352 e. The van der Waals surface area contributed by atoms with Crippen LogP contribution in [0.5, 0.6) is 0 Å². The second-order valence-electron chi connectivity index (χ2n) is 4.01. The Bertz CT molecular complexity index is 540. The lowest BCUT2D eigenvalue weighted by Gasteiger charge is -2.07. The van der Waals surface area contributed by atoms with Crippen molar-refractivity contribution in [1.82, 2.24) is 19.9 Å². The van der Waals surface area contributed by atoms with E-state index in [1.165, 1.54) is 0 Å². The van der Waals surface area contributed by atoms with Crippen LogP contribution in [0.3, 0.4) is 0 Å². The molecule has 0 bridgehead atoms. The predicted octanol–water partition coefficient (Wildman–Crippen LogP) is 1.87. The van der Waals surface area contributed by atoms with Gasteiger partial charge in [-0.2, -0.15) is 5.10 Å². The van der Waals surface area contributed by atoms with Crippen molar-refractivity contribution in [1.29, 1.82) is 0 Å². The molecule has 1 unspecified atom stereocenters. The average molecular weight is 267 g/mol. The van der Waals surface area contributed by atoms with E-state index < -0.39 is 0 Å². The first-order chi connectivity index (χ1) is 8.72. The SMILES string of the molecule is CCC(Cl)CCNC(=O)c1cnn2ccncc12. The molecule has 0 aliphatic rings. The fraction of sp³-hybridized carbons (Fsp3) is 0.417. The maximum atomic E-state index is 12.0. The van der Waals surface area contributed by atoms with Crippen LogP contribution in [-0.4, -0.2) is 32.4 Å². The van der Waals surface area contributed by atoms with Gasteiger partial charge in [-0.05, 0) is 12.8 Å². The van der Waals surface area contributed by atoms with Crippen LogP contribution >= 0.6 is 11.6 Å². The number of hydrogen-bond acceptors (Lipinski definition) is 3. The highest BCUT2D eigenvalue weighted by Gasteiger charge is 2.12. The summed E-state index contributed by atoms with van der Waals surface area (Å²) in [6.07, 6.45) is 8.17. The normalized spacial score (nSPS) is 12.6. The topological polar surface area (TPSA) is 59.3 Å². The number of halogens is 1. The molecular formula is C12H15ClN4O. The Labute approximate surface area is 110 Å². The number of rotatable bonds is 5. The lowest BCUT2D eigenvalue weighted by Crippen LogP contribution is -2.25. The number of amides is 1. The molecule has 1 atom stereocenters. The molecule has 2 aromatic heterocycles. The van der Waals surface area contributed by atoms with Gasteiger partial charge in [-0.15, -0.1) is 11.6 Å². The smallest absolute Gasteiger partial charge is 0.255 e. The number of fused-ring (bicyclic) bond motifs is 1. The Balaban J connectivity index is 2.01. The molecule has 0 aliphatic carbocycles. The summed E-state index contributed by atoms with van der Waals surface area (Å²) in [6, 6.07) is 0. The van der Waals surface area contributed by atoms with Crippen LogP contribution in [0, 0.1) is 0 Å². The van der Waals surface area contributed by atoms with Gasteiger partial charge in [0, 0.05) is 24.3 Å². The second-order valence-corrected chi connectivity index (χ2v) is 4.63. The first-order valence-electron chi connectivity index (χ1n) is 5.92. The van der Waals surface area contributed by atoms with Gasteiger partial charge >= 0.3 is 0 Å². The zero-order valence-electron chi connectivity index (χ0n) is 10.1. The Hall–Kier alpha value is -1.62. The molecule has 1 amide bonds. The number of carbonyl (C=O) groups excluding carboxylic acids is 1. The fourth-order valence-corrected chi connectivity index (χ4v) is 1.76. The van der Waals surface area contributed by atoms with Gasteiger partial charge < -0.3 is 5.32 Å². The van der Waals surface area contributed by atoms with Gasteiger partial charge in [-0.1, -0.05) is 6.92 Å². The molecule has 0 spiro atoms. The quantitative estimate of drug-likeness (QED) is 0.841. The maximum Gasteiger partial charge on any atom is 0.255 e. The van der Waals surface area contributed by atoms with E-state index in [4.69, 9.17) is 11.6 Å². The zero-order valence-corrected chi connectivity index (χ0v) is 10.9. The Morgan fingerprint density at radius 1 is 1.56 bits per heavy atom. The summed E-state index contributed by atoms with van der Waals surface area (Å²) in [5.41, 5.74) is 1.23. The van der Waals surface area contributed by atoms with E-state index in [0.29, 0.717) is 17.6 Å². The molecular weight excluding hydrogens is 252 g/mol. The third kappa shape index (κ3) is 2.79. The fourth-order valence-electron chi connectivity index (χ4n) is 1.65. The average Bonchev–Trinajstić information content (AvgIpc) is 2.82. The molecule has 5 nitrogen and oxygen atoms in total. The number of hydrogen-bond donors (Lipinski definition) is 1. The van der Waals surface area contributed by atoms with Crippen molar-refractivity contribution >= 4 is 23.0 Å². The van der Waals surface area contributed by atoms with Crippen molar-refractivity contribution in [3.05, 3.63) is 30.4 Å². The number of alkyl halides is 1. The van der Waals surface area contributed by atoms with Gasteiger partial charge in [0.2, 0.25) is 0 Å². The first kappa shape index (κ1) is 12.8. The highest BCUT2D eigenvalue weighted by Crippen LogP contribution is 2.09. The van der Waals surface area contributed by atoms with Crippen LogP contribution < -0.4 is 5.32 Å². The molecule has 0 radical (unpaired) electrons. The molecule has 6 heteroatoms. The predicted molar refractivity (Wildman–Crippen MR) is 69.9 cm³/mol. The minimum atomic E-state index is -0.141. The van der Waals surface area contributed by atoms with Crippen molar-refractivity contribution in [3.63, 3.8) is 0 Å². The lowest BCUT2D eigenvalue weighted by molar-refractivity contribution is 0.0954. The molecule has 0 fully saturated rings. The van der Waals surface area contributed by atoms with Crippen molar-refractivity contribution in [2.75, 3.05) is 6.54 Å². The summed E-state index contributed by atoms with van der Waals surface area (Å²) in [6.45, 7) is 2.59. The molecule has 0 saturated carbocycles. The highest BCUT2D eigenvalue weighted by molar-refractivity contribution is 6.20. The molecule has 0 aromatic carbocycles. The maximum absolute atomic E-state index is 12.0. The summed E-state index contributed by atoms with van der Waals surface area (Å²) in [4.78, 5) is 15.9. The van der Waals surface area contributed by atoms with Gasteiger partial charge in [0.25, 0.3) is 5.91 Å². The van der Waals surface area contributed by atoms with E-state index in [9.17, 15) is 4.79 Å². The molecule has 0 saturated heterocycles. The van der Waals surface area contributed by atoms with Crippen LogP contribution in [0.15, 0.2) is 24.8 Å². The lowest BCUT2D eigenvalue weighted by atomic mass is 10.2. The molecule has 2 aromatic rings.